The highest BCUT2D eigenvalue weighted by molar-refractivity contribution is 5.94. The zero-order valence-corrected chi connectivity index (χ0v) is 19.6. The number of nitrogens with one attached hydrogen (secondary N) is 1. The van der Waals surface area contributed by atoms with Crippen molar-refractivity contribution in [2.45, 2.75) is 65.0 Å². The zero-order valence-electron chi connectivity index (χ0n) is 19.6. The molecule has 5 heterocycles. The second-order valence-corrected chi connectivity index (χ2v) is 9.14. The van der Waals surface area contributed by atoms with Crippen LogP contribution < -0.4 is 10.7 Å². The van der Waals surface area contributed by atoms with Gasteiger partial charge in [-0.3, -0.25) is 14.3 Å². The lowest BCUT2D eigenvalue weighted by atomic mass is 10.0. The van der Waals surface area contributed by atoms with Gasteiger partial charge >= 0.3 is 0 Å². The molecule has 0 saturated carbocycles. The fourth-order valence-corrected chi connectivity index (χ4v) is 4.84. The number of hydrogen-bond donors (Lipinski definition) is 1. The van der Waals surface area contributed by atoms with Crippen molar-refractivity contribution in [1.29, 1.82) is 0 Å². The molecular formula is C26H30N6O2. The first kappa shape index (κ1) is 22.3. The van der Waals surface area contributed by atoms with Gasteiger partial charge in [-0.1, -0.05) is 12.5 Å². The molecule has 1 aromatic carbocycles. The zero-order chi connectivity index (χ0) is 23.5. The van der Waals surface area contributed by atoms with E-state index in [9.17, 15) is 9.59 Å². The van der Waals surface area contributed by atoms with Crippen molar-refractivity contribution in [3.63, 3.8) is 0 Å². The smallest absolute Gasteiger partial charge is 0.275 e. The third-order valence-electron chi connectivity index (χ3n) is 6.68. The molecule has 176 valence electrons. The summed E-state index contributed by atoms with van der Waals surface area (Å²) in [7, 11) is 0. The standard InChI is InChI=1S/C26H30N6O2/c1-18-16-31-12-6-3-7-13-32-22-15-27-17-29-23(22)25(33)24(30-32)26(34)28-11-5-2-4-8-19-9-10-21(31)20(18)14-19/h9-10,14-17H,2-8,11-13H2,1H3,(H,28,34). The first-order valence-electron chi connectivity index (χ1n) is 12.2. The van der Waals surface area contributed by atoms with Gasteiger partial charge in [-0.15, -0.1) is 0 Å². The van der Waals surface area contributed by atoms with Gasteiger partial charge in [-0.05, 0) is 68.7 Å². The van der Waals surface area contributed by atoms with Gasteiger partial charge in [0.1, 0.15) is 17.4 Å². The monoisotopic (exact) mass is 458 g/mol. The molecule has 0 saturated heterocycles. The molecule has 34 heavy (non-hydrogen) atoms. The molecule has 1 N–H and O–H groups in total. The summed E-state index contributed by atoms with van der Waals surface area (Å²) in [6.07, 6.45) is 12.0. The van der Waals surface area contributed by atoms with Gasteiger partial charge in [-0.2, -0.15) is 5.10 Å². The van der Waals surface area contributed by atoms with Crippen LogP contribution in [0.15, 0.2) is 41.7 Å². The number of fused-ring (bicyclic) bond motifs is 12. The summed E-state index contributed by atoms with van der Waals surface area (Å²) in [4.78, 5) is 33.9. The van der Waals surface area contributed by atoms with Crippen LogP contribution in [0.5, 0.6) is 0 Å². The molecule has 8 heteroatoms. The van der Waals surface area contributed by atoms with E-state index in [1.165, 1.54) is 28.4 Å². The maximum Gasteiger partial charge on any atom is 0.275 e. The minimum absolute atomic E-state index is 0.0923. The Morgan fingerprint density at radius 2 is 1.82 bits per heavy atom. The number of aromatic nitrogens is 5. The number of benzene rings is 1. The number of aryl methyl sites for hydroxylation is 4. The van der Waals surface area contributed by atoms with Crippen molar-refractivity contribution in [3.05, 3.63) is 64.0 Å². The van der Waals surface area contributed by atoms with Crippen LogP contribution in [0, 0.1) is 6.92 Å². The van der Waals surface area contributed by atoms with Gasteiger partial charge < -0.3 is 9.88 Å². The Morgan fingerprint density at radius 1 is 0.971 bits per heavy atom. The number of amides is 1. The summed E-state index contributed by atoms with van der Waals surface area (Å²) in [5.74, 6) is -0.433. The van der Waals surface area contributed by atoms with Crippen molar-refractivity contribution in [2.24, 2.45) is 0 Å². The van der Waals surface area contributed by atoms with E-state index in [-0.39, 0.29) is 11.2 Å². The van der Waals surface area contributed by atoms with Gasteiger partial charge in [0.05, 0.1) is 6.20 Å². The Hall–Kier alpha value is -3.55. The van der Waals surface area contributed by atoms with Crippen LogP contribution in [0.1, 0.15) is 60.1 Å². The van der Waals surface area contributed by atoms with Crippen LogP contribution in [0.25, 0.3) is 21.9 Å². The van der Waals surface area contributed by atoms with Crippen molar-refractivity contribution >= 4 is 27.8 Å². The molecule has 0 fully saturated rings. The summed E-state index contributed by atoms with van der Waals surface area (Å²) in [5, 5.41) is 8.63. The average Bonchev–Trinajstić information content (AvgIpc) is 3.16. The molecular weight excluding hydrogens is 428 g/mol. The molecule has 0 atom stereocenters. The predicted molar refractivity (Wildman–Crippen MR) is 132 cm³/mol. The lowest BCUT2D eigenvalue weighted by Crippen LogP contribution is -2.33. The maximum atomic E-state index is 12.9. The molecule has 4 aromatic rings. The van der Waals surface area contributed by atoms with Crippen LogP contribution in [0.2, 0.25) is 0 Å². The van der Waals surface area contributed by atoms with E-state index >= 15 is 0 Å². The molecule has 6 bridgehead atoms. The van der Waals surface area contributed by atoms with Crippen LogP contribution in [0.4, 0.5) is 0 Å². The minimum atomic E-state index is -0.441. The van der Waals surface area contributed by atoms with Crippen LogP contribution in [0.3, 0.4) is 0 Å². The summed E-state index contributed by atoms with van der Waals surface area (Å²) < 4.78 is 4.07. The summed E-state index contributed by atoms with van der Waals surface area (Å²) in [6, 6.07) is 6.84. The van der Waals surface area contributed by atoms with Gasteiger partial charge in [0.2, 0.25) is 5.43 Å². The second kappa shape index (κ2) is 9.75. The quantitative estimate of drug-likeness (QED) is 0.433. The number of carbonyl (C=O) groups is 1. The highest BCUT2D eigenvalue weighted by Gasteiger charge is 2.18. The Bertz CT molecular complexity index is 1400. The average molecular weight is 459 g/mol. The Balaban J connectivity index is 1.42. The summed E-state index contributed by atoms with van der Waals surface area (Å²) in [5.41, 5.74) is 4.25. The fraction of sp³-hybridized carbons (Fsp3) is 0.423. The SMILES string of the molecule is Cc1cn2c3ccc(cc13)CCCCCNC(=O)c1nn(c3cncnc3c1=O)CCCCC2. The highest BCUT2D eigenvalue weighted by atomic mass is 16.2. The van der Waals surface area contributed by atoms with E-state index < -0.39 is 11.3 Å². The number of rotatable bonds is 0. The molecule has 2 aliphatic heterocycles. The van der Waals surface area contributed by atoms with Gasteiger partial charge in [0.15, 0.2) is 5.69 Å². The third kappa shape index (κ3) is 4.44. The highest BCUT2D eigenvalue weighted by Crippen LogP contribution is 2.24. The molecule has 6 rings (SSSR count). The molecule has 0 spiro atoms. The number of nitrogens with zero attached hydrogens (tertiary/aromatic N) is 5. The fourth-order valence-electron chi connectivity index (χ4n) is 4.84. The van der Waals surface area contributed by atoms with E-state index in [1.807, 2.05) is 0 Å². The topological polar surface area (TPSA) is 94.7 Å². The lowest BCUT2D eigenvalue weighted by molar-refractivity contribution is 0.0944. The van der Waals surface area contributed by atoms with Crippen molar-refractivity contribution in [3.8, 4) is 0 Å². The van der Waals surface area contributed by atoms with Crippen molar-refractivity contribution in [2.75, 3.05) is 6.54 Å². The Kier molecular flexibility index (Phi) is 6.38. The van der Waals surface area contributed by atoms with Gasteiger partial charge in [0, 0.05) is 36.7 Å². The van der Waals surface area contributed by atoms with Gasteiger partial charge in [0.25, 0.3) is 5.91 Å². The van der Waals surface area contributed by atoms with Crippen molar-refractivity contribution < 1.29 is 4.79 Å². The largest absolute Gasteiger partial charge is 0.351 e. The second-order valence-electron chi connectivity index (χ2n) is 9.14. The molecule has 2 aliphatic rings. The van der Waals surface area contributed by atoms with Crippen LogP contribution >= 0.6 is 0 Å². The maximum absolute atomic E-state index is 12.9. The normalized spacial score (nSPS) is 16.2. The molecule has 8 nitrogen and oxygen atoms in total. The summed E-state index contributed by atoms with van der Waals surface area (Å²) in [6.45, 7) is 4.26. The third-order valence-corrected chi connectivity index (χ3v) is 6.68. The summed E-state index contributed by atoms with van der Waals surface area (Å²) >= 11 is 0. The Labute approximate surface area is 198 Å². The van der Waals surface area contributed by atoms with E-state index in [0.29, 0.717) is 18.6 Å². The van der Waals surface area contributed by atoms with E-state index in [0.717, 1.165) is 51.5 Å². The first-order valence-corrected chi connectivity index (χ1v) is 12.2. The molecule has 0 radical (unpaired) electrons. The Morgan fingerprint density at radius 3 is 2.74 bits per heavy atom. The molecule has 1 amide bonds. The van der Waals surface area contributed by atoms with E-state index in [2.05, 4.69) is 56.3 Å². The van der Waals surface area contributed by atoms with E-state index in [4.69, 9.17) is 0 Å². The van der Waals surface area contributed by atoms with Crippen LogP contribution in [-0.4, -0.2) is 36.8 Å². The molecule has 0 unspecified atom stereocenters. The van der Waals surface area contributed by atoms with Gasteiger partial charge in [-0.25, -0.2) is 9.97 Å². The number of hydrogen-bond acceptors (Lipinski definition) is 5. The number of carbonyl (C=O) groups excluding carboxylic acids is 1. The first-order chi connectivity index (χ1) is 16.6. The molecule has 0 aliphatic carbocycles. The minimum Gasteiger partial charge on any atom is -0.351 e. The van der Waals surface area contributed by atoms with Crippen molar-refractivity contribution in [1.82, 2.24) is 29.6 Å². The molecule has 3 aromatic heterocycles. The lowest BCUT2D eigenvalue weighted by Gasteiger charge is -2.12. The van der Waals surface area contributed by atoms with Crippen LogP contribution in [-0.2, 0) is 19.5 Å². The van der Waals surface area contributed by atoms with E-state index in [1.54, 1.807) is 10.9 Å². The predicted octanol–water partition coefficient (Wildman–Crippen LogP) is 3.78.